The molecule has 1 unspecified atom stereocenters. The monoisotopic (exact) mass is 270 g/mol. The van der Waals surface area contributed by atoms with E-state index in [0.717, 1.165) is 27.1 Å². The van der Waals surface area contributed by atoms with E-state index in [4.69, 9.17) is 10.5 Å². The van der Waals surface area contributed by atoms with Gasteiger partial charge < -0.3 is 10.5 Å². The van der Waals surface area contributed by atoms with Gasteiger partial charge in [-0.25, -0.2) is 4.98 Å². The Kier molecular flexibility index (Phi) is 3.19. The lowest BCUT2D eigenvalue weighted by molar-refractivity contribution is 0.419. The van der Waals surface area contributed by atoms with E-state index in [1.165, 1.54) is 0 Å². The highest BCUT2D eigenvalue weighted by molar-refractivity contribution is 7.09. The third-order valence-corrected chi connectivity index (χ3v) is 4.05. The Hall–Kier alpha value is -1.91. The van der Waals surface area contributed by atoms with Gasteiger partial charge in [-0.1, -0.05) is 30.3 Å². The van der Waals surface area contributed by atoms with Crippen LogP contribution in [0, 0.1) is 0 Å². The van der Waals surface area contributed by atoms with Gasteiger partial charge in [0.05, 0.1) is 13.2 Å². The van der Waals surface area contributed by atoms with Crippen LogP contribution in [0.3, 0.4) is 0 Å². The Morgan fingerprint density at radius 1 is 1.16 bits per heavy atom. The summed E-state index contributed by atoms with van der Waals surface area (Å²) in [5.41, 5.74) is 7.40. The first-order valence-electron chi connectivity index (χ1n) is 6.02. The molecule has 4 heteroatoms. The molecule has 0 aliphatic rings. The van der Waals surface area contributed by atoms with Crippen LogP contribution in [0.2, 0.25) is 0 Å². The van der Waals surface area contributed by atoms with Gasteiger partial charge in [-0.3, -0.25) is 0 Å². The fourth-order valence-corrected chi connectivity index (χ4v) is 2.92. The van der Waals surface area contributed by atoms with Crippen LogP contribution in [0.5, 0.6) is 5.75 Å². The van der Waals surface area contributed by atoms with Gasteiger partial charge in [0, 0.05) is 17.0 Å². The van der Waals surface area contributed by atoms with Crippen LogP contribution >= 0.6 is 11.3 Å². The van der Waals surface area contributed by atoms with Gasteiger partial charge in [-0.05, 0) is 17.0 Å². The highest BCUT2D eigenvalue weighted by atomic mass is 32.1. The maximum Gasteiger partial charge on any atom is 0.126 e. The van der Waals surface area contributed by atoms with Crippen molar-refractivity contribution in [2.45, 2.75) is 6.04 Å². The standard InChI is InChI=1S/C15H14N2OS/c1-18-13-7-6-12(10-4-2-3-5-11(10)13)14(16)15-17-8-9-19-15/h2-9,14H,16H2,1H3. The average molecular weight is 270 g/mol. The molecule has 1 heterocycles. The van der Waals surface area contributed by atoms with E-state index in [1.807, 2.05) is 35.7 Å². The molecule has 0 fully saturated rings. The van der Waals surface area contributed by atoms with Gasteiger partial charge >= 0.3 is 0 Å². The number of hydrogen-bond donors (Lipinski definition) is 1. The van der Waals surface area contributed by atoms with E-state index < -0.39 is 0 Å². The molecule has 0 spiro atoms. The fourth-order valence-electron chi connectivity index (χ4n) is 2.27. The van der Waals surface area contributed by atoms with Crippen molar-refractivity contribution in [3.05, 3.63) is 58.5 Å². The van der Waals surface area contributed by atoms with Crippen LogP contribution in [-0.2, 0) is 0 Å². The molecular formula is C15H14N2OS. The molecule has 0 amide bonds. The molecule has 0 bridgehead atoms. The lowest BCUT2D eigenvalue weighted by Gasteiger charge is -2.14. The SMILES string of the molecule is COc1ccc(C(N)c2nccs2)c2ccccc12. The minimum atomic E-state index is -0.198. The summed E-state index contributed by atoms with van der Waals surface area (Å²) >= 11 is 1.58. The predicted octanol–water partition coefficient (Wildman–Crippen LogP) is 3.35. The number of aromatic nitrogens is 1. The maximum absolute atomic E-state index is 6.33. The van der Waals surface area contributed by atoms with Crippen molar-refractivity contribution in [1.29, 1.82) is 0 Å². The summed E-state index contributed by atoms with van der Waals surface area (Å²) in [4.78, 5) is 4.30. The van der Waals surface area contributed by atoms with E-state index >= 15 is 0 Å². The lowest BCUT2D eigenvalue weighted by Crippen LogP contribution is -2.12. The molecular weight excluding hydrogens is 256 g/mol. The molecule has 1 aromatic heterocycles. The summed E-state index contributed by atoms with van der Waals surface area (Å²) in [6.45, 7) is 0. The summed E-state index contributed by atoms with van der Waals surface area (Å²) in [6.07, 6.45) is 1.78. The number of nitrogens with zero attached hydrogens (tertiary/aromatic N) is 1. The largest absolute Gasteiger partial charge is 0.496 e. The summed E-state index contributed by atoms with van der Waals surface area (Å²) in [5, 5.41) is 5.07. The van der Waals surface area contributed by atoms with Gasteiger partial charge in [0.2, 0.25) is 0 Å². The summed E-state index contributed by atoms with van der Waals surface area (Å²) < 4.78 is 5.40. The molecule has 1 atom stereocenters. The van der Waals surface area contributed by atoms with E-state index in [9.17, 15) is 0 Å². The van der Waals surface area contributed by atoms with E-state index in [-0.39, 0.29) is 6.04 Å². The van der Waals surface area contributed by atoms with Crippen LogP contribution in [0.1, 0.15) is 16.6 Å². The highest BCUT2D eigenvalue weighted by Crippen LogP contribution is 2.33. The zero-order chi connectivity index (χ0) is 13.2. The van der Waals surface area contributed by atoms with Gasteiger partial charge in [-0.2, -0.15) is 0 Å². The molecule has 0 aliphatic carbocycles. The number of ether oxygens (including phenoxy) is 1. The van der Waals surface area contributed by atoms with Crippen LogP contribution in [0.4, 0.5) is 0 Å². The van der Waals surface area contributed by atoms with Crippen LogP contribution < -0.4 is 10.5 Å². The van der Waals surface area contributed by atoms with E-state index in [1.54, 1.807) is 24.6 Å². The first-order valence-corrected chi connectivity index (χ1v) is 6.90. The minimum absolute atomic E-state index is 0.198. The minimum Gasteiger partial charge on any atom is -0.496 e. The Balaban J connectivity index is 2.20. The fraction of sp³-hybridized carbons (Fsp3) is 0.133. The molecule has 0 aliphatic heterocycles. The van der Waals surface area contributed by atoms with Crippen molar-refractivity contribution >= 4 is 22.1 Å². The van der Waals surface area contributed by atoms with Crippen LogP contribution in [-0.4, -0.2) is 12.1 Å². The predicted molar refractivity (Wildman–Crippen MR) is 78.6 cm³/mol. The molecule has 96 valence electrons. The molecule has 19 heavy (non-hydrogen) atoms. The number of fused-ring (bicyclic) bond motifs is 1. The number of thiazole rings is 1. The topological polar surface area (TPSA) is 48.1 Å². The maximum atomic E-state index is 6.33. The Morgan fingerprint density at radius 3 is 2.63 bits per heavy atom. The molecule has 2 N–H and O–H groups in total. The van der Waals surface area contributed by atoms with E-state index in [0.29, 0.717) is 0 Å². The second kappa shape index (κ2) is 4.99. The number of hydrogen-bond acceptors (Lipinski definition) is 4. The number of rotatable bonds is 3. The third-order valence-electron chi connectivity index (χ3n) is 3.19. The third kappa shape index (κ3) is 2.09. The second-order valence-corrected chi connectivity index (χ2v) is 5.18. The smallest absolute Gasteiger partial charge is 0.126 e. The van der Waals surface area contributed by atoms with Gasteiger partial charge in [-0.15, -0.1) is 11.3 Å². The first-order chi connectivity index (χ1) is 9.31. The lowest BCUT2D eigenvalue weighted by atomic mass is 9.99. The first kappa shape index (κ1) is 12.1. The quantitative estimate of drug-likeness (QED) is 0.794. The van der Waals surface area contributed by atoms with Gasteiger partial charge in [0.1, 0.15) is 10.8 Å². The number of benzene rings is 2. The van der Waals surface area contributed by atoms with Crippen molar-refractivity contribution in [3.63, 3.8) is 0 Å². The molecule has 0 saturated heterocycles. The summed E-state index contributed by atoms with van der Waals surface area (Å²) in [6, 6.07) is 11.9. The zero-order valence-electron chi connectivity index (χ0n) is 10.5. The Labute approximate surface area is 115 Å². The molecule has 3 nitrogen and oxygen atoms in total. The molecule has 3 aromatic rings. The van der Waals surface area contributed by atoms with E-state index in [2.05, 4.69) is 11.1 Å². The van der Waals surface area contributed by atoms with Crippen molar-refractivity contribution in [3.8, 4) is 5.75 Å². The highest BCUT2D eigenvalue weighted by Gasteiger charge is 2.15. The molecule has 0 saturated carbocycles. The number of methoxy groups -OCH3 is 1. The normalized spacial score (nSPS) is 12.5. The van der Waals surface area contributed by atoms with Crippen molar-refractivity contribution in [1.82, 2.24) is 4.98 Å². The van der Waals surface area contributed by atoms with Crippen molar-refractivity contribution in [2.24, 2.45) is 5.73 Å². The molecule has 2 aromatic carbocycles. The van der Waals surface area contributed by atoms with Crippen molar-refractivity contribution < 1.29 is 4.74 Å². The molecule has 0 radical (unpaired) electrons. The Bertz CT molecular complexity index is 694. The summed E-state index contributed by atoms with van der Waals surface area (Å²) in [5.74, 6) is 0.866. The zero-order valence-corrected chi connectivity index (χ0v) is 11.4. The van der Waals surface area contributed by atoms with Crippen LogP contribution in [0.15, 0.2) is 48.0 Å². The Morgan fingerprint density at radius 2 is 1.95 bits per heavy atom. The van der Waals surface area contributed by atoms with Crippen LogP contribution in [0.25, 0.3) is 10.8 Å². The van der Waals surface area contributed by atoms with Gasteiger partial charge in [0.25, 0.3) is 0 Å². The number of nitrogens with two attached hydrogens (primary N) is 1. The molecule has 3 rings (SSSR count). The second-order valence-electron chi connectivity index (χ2n) is 4.25. The van der Waals surface area contributed by atoms with Crippen molar-refractivity contribution in [2.75, 3.05) is 7.11 Å². The average Bonchev–Trinajstić information content (AvgIpc) is 2.99. The summed E-state index contributed by atoms with van der Waals surface area (Å²) in [7, 11) is 1.68. The van der Waals surface area contributed by atoms with Gasteiger partial charge in [0.15, 0.2) is 0 Å².